The molecule has 0 aromatic carbocycles. The Morgan fingerprint density at radius 3 is 2.22 bits per heavy atom. The summed E-state index contributed by atoms with van der Waals surface area (Å²) in [7, 11) is 0. The van der Waals surface area contributed by atoms with Crippen LogP contribution in [-0.2, 0) is 4.79 Å². The van der Waals surface area contributed by atoms with Gasteiger partial charge in [-0.2, -0.15) is 0 Å². The van der Waals surface area contributed by atoms with E-state index in [-0.39, 0.29) is 18.1 Å². The number of nitrogens with one attached hydrogen (secondary N) is 1. The van der Waals surface area contributed by atoms with Crippen LogP contribution in [0.5, 0.6) is 0 Å². The number of rotatable bonds is 5. The number of amides is 1. The monoisotopic (exact) mass is 253 g/mol. The van der Waals surface area contributed by atoms with Crippen LogP contribution in [0.2, 0.25) is 0 Å². The zero-order chi connectivity index (χ0) is 12.6. The third kappa shape index (κ3) is 2.41. The van der Waals surface area contributed by atoms with Gasteiger partial charge < -0.3 is 15.7 Å². The lowest BCUT2D eigenvalue weighted by molar-refractivity contribution is -0.645. The number of nitrogens with two attached hydrogens (primary N) is 1. The quantitative estimate of drug-likeness (QED) is 0.585. The van der Waals surface area contributed by atoms with Crippen LogP contribution in [0.1, 0.15) is 38.5 Å². The van der Waals surface area contributed by atoms with Crippen LogP contribution in [0.25, 0.3) is 0 Å². The lowest BCUT2D eigenvalue weighted by Gasteiger charge is -2.56. The highest BCUT2D eigenvalue weighted by molar-refractivity contribution is 5.77. The second-order valence-corrected chi connectivity index (χ2v) is 6.75. The average molecular weight is 253 g/mol. The van der Waals surface area contributed by atoms with E-state index in [4.69, 9.17) is 5.11 Å². The molecule has 4 aliphatic carbocycles. The van der Waals surface area contributed by atoms with Crippen LogP contribution in [-0.4, -0.2) is 36.2 Å². The smallest absolute Gasteiger partial charge is 0.275 e. The van der Waals surface area contributed by atoms with Crippen LogP contribution < -0.4 is 10.6 Å². The summed E-state index contributed by atoms with van der Waals surface area (Å²) in [5.74, 6) is 2.78. The highest BCUT2D eigenvalue weighted by Crippen LogP contribution is 2.55. The van der Waals surface area contributed by atoms with Gasteiger partial charge in [-0.15, -0.1) is 0 Å². The maximum atomic E-state index is 12.0. The molecule has 4 nitrogen and oxygen atoms in total. The first-order valence-corrected chi connectivity index (χ1v) is 7.43. The summed E-state index contributed by atoms with van der Waals surface area (Å²) < 4.78 is 0. The molecule has 4 heteroatoms. The number of quaternary nitrogens is 1. The molecule has 4 aliphatic rings. The standard InChI is InChI=1S/C14H24N2O2/c17-2-1-15-9-13(18)16-14-6-10-3-11(7-14)5-12(4-10)8-14/h10-12,15,17H,1-9H2,(H,16,18)/p+1. The van der Waals surface area contributed by atoms with Crippen molar-refractivity contribution in [2.45, 2.75) is 44.1 Å². The Bertz CT molecular complexity index is 294. The van der Waals surface area contributed by atoms with Gasteiger partial charge in [0.15, 0.2) is 6.54 Å². The molecular weight excluding hydrogens is 228 g/mol. The molecule has 0 aromatic rings. The Hall–Kier alpha value is -0.610. The first kappa shape index (κ1) is 12.4. The second-order valence-electron chi connectivity index (χ2n) is 6.75. The topological polar surface area (TPSA) is 65.9 Å². The molecule has 0 heterocycles. The van der Waals surface area contributed by atoms with Gasteiger partial charge in [-0.25, -0.2) is 0 Å². The molecule has 18 heavy (non-hydrogen) atoms. The molecule has 0 unspecified atom stereocenters. The average Bonchev–Trinajstić information content (AvgIpc) is 2.26. The molecule has 4 fully saturated rings. The van der Waals surface area contributed by atoms with Crippen molar-refractivity contribution in [3.63, 3.8) is 0 Å². The van der Waals surface area contributed by atoms with Crippen LogP contribution in [0, 0.1) is 17.8 Å². The van der Waals surface area contributed by atoms with Gasteiger partial charge in [0.2, 0.25) is 0 Å². The lowest BCUT2D eigenvalue weighted by Crippen LogP contribution is -2.87. The molecule has 0 atom stereocenters. The zero-order valence-corrected chi connectivity index (χ0v) is 11.0. The van der Waals surface area contributed by atoms with E-state index in [9.17, 15) is 4.79 Å². The SMILES string of the molecule is O=C(C[NH2+]CCO)NC12CC3CC(CC(C3)C1)C2. The Labute approximate surface area is 109 Å². The Balaban J connectivity index is 1.57. The van der Waals surface area contributed by atoms with Gasteiger partial charge in [0.25, 0.3) is 5.91 Å². The van der Waals surface area contributed by atoms with Gasteiger partial charge in [0, 0.05) is 5.54 Å². The summed E-state index contributed by atoms with van der Waals surface area (Å²) in [6.07, 6.45) is 7.86. The van der Waals surface area contributed by atoms with Crippen LogP contribution in [0.3, 0.4) is 0 Å². The maximum Gasteiger partial charge on any atom is 0.275 e. The van der Waals surface area contributed by atoms with Crippen molar-refractivity contribution in [2.75, 3.05) is 19.7 Å². The molecule has 4 bridgehead atoms. The molecule has 4 rings (SSSR count). The minimum absolute atomic E-state index is 0.138. The Morgan fingerprint density at radius 2 is 1.72 bits per heavy atom. The van der Waals surface area contributed by atoms with E-state index in [2.05, 4.69) is 5.32 Å². The zero-order valence-electron chi connectivity index (χ0n) is 11.0. The summed E-state index contributed by atoms with van der Waals surface area (Å²) >= 11 is 0. The number of carbonyl (C=O) groups excluding carboxylic acids is 1. The molecular formula is C14H25N2O2+. The van der Waals surface area contributed by atoms with Crippen LogP contribution in [0.4, 0.5) is 0 Å². The van der Waals surface area contributed by atoms with Crippen molar-refractivity contribution < 1.29 is 15.2 Å². The summed E-state index contributed by atoms with van der Waals surface area (Å²) in [6.45, 7) is 1.22. The van der Waals surface area contributed by atoms with Crippen LogP contribution >= 0.6 is 0 Å². The predicted octanol–water partition coefficient (Wildman–Crippen LogP) is -0.373. The molecule has 1 amide bonds. The van der Waals surface area contributed by atoms with Gasteiger partial charge in [0.05, 0.1) is 13.2 Å². The second kappa shape index (κ2) is 4.82. The van der Waals surface area contributed by atoms with E-state index in [1.807, 2.05) is 5.32 Å². The summed E-state index contributed by atoms with van der Waals surface area (Å²) in [6, 6.07) is 0. The lowest BCUT2D eigenvalue weighted by atomic mass is 9.53. The maximum absolute atomic E-state index is 12.0. The van der Waals surface area contributed by atoms with E-state index in [0.717, 1.165) is 17.8 Å². The molecule has 4 saturated carbocycles. The molecule has 0 aromatic heterocycles. The van der Waals surface area contributed by atoms with Crippen molar-refractivity contribution in [1.29, 1.82) is 0 Å². The number of hydrogen-bond acceptors (Lipinski definition) is 2. The number of carbonyl (C=O) groups is 1. The van der Waals surface area contributed by atoms with E-state index >= 15 is 0 Å². The molecule has 0 spiro atoms. The first-order chi connectivity index (χ1) is 8.69. The van der Waals surface area contributed by atoms with Crippen molar-refractivity contribution in [3.05, 3.63) is 0 Å². The minimum atomic E-state index is 0.138. The van der Waals surface area contributed by atoms with Crippen molar-refractivity contribution in [3.8, 4) is 0 Å². The fourth-order valence-corrected chi connectivity index (χ4v) is 4.93. The summed E-state index contributed by atoms with van der Waals surface area (Å²) in [5, 5.41) is 13.9. The molecule has 0 saturated heterocycles. The number of aliphatic hydroxyl groups is 1. The van der Waals surface area contributed by atoms with Crippen molar-refractivity contribution in [2.24, 2.45) is 17.8 Å². The highest BCUT2D eigenvalue weighted by Gasteiger charge is 2.51. The normalized spacial score (nSPS) is 41.1. The Kier molecular flexibility index (Phi) is 3.32. The fraction of sp³-hybridized carbons (Fsp3) is 0.929. The Morgan fingerprint density at radius 1 is 1.17 bits per heavy atom. The van der Waals surface area contributed by atoms with Crippen molar-refractivity contribution in [1.82, 2.24) is 5.32 Å². The fourth-order valence-electron chi connectivity index (χ4n) is 4.93. The van der Waals surface area contributed by atoms with Gasteiger partial charge in [0.1, 0.15) is 0 Å². The molecule has 0 aliphatic heterocycles. The number of aliphatic hydroxyl groups excluding tert-OH is 1. The van der Waals surface area contributed by atoms with Crippen molar-refractivity contribution >= 4 is 5.91 Å². The summed E-state index contributed by atoms with van der Waals surface area (Å²) in [5.41, 5.74) is 0.138. The minimum Gasteiger partial charge on any atom is -0.391 e. The third-order valence-corrected chi connectivity index (χ3v) is 5.11. The van der Waals surface area contributed by atoms with Gasteiger partial charge >= 0.3 is 0 Å². The summed E-state index contributed by atoms with van der Waals surface area (Å²) in [4.78, 5) is 12.0. The van der Waals surface area contributed by atoms with Gasteiger partial charge in [-0.3, -0.25) is 4.79 Å². The largest absolute Gasteiger partial charge is 0.391 e. The molecule has 4 N–H and O–H groups in total. The van der Waals surface area contributed by atoms with Gasteiger partial charge in [-0.1, -0.05) is 0 Å². The third-order valence-electron chi connectivity index (χ3n) is 5.11. The number of hydrogen-bond donors (Lipinski definition) is 3. The van der Waals surface area contributed by atoms with Crippen LogP contribution in [0.15, 0.2) is 0 Å². The first-order valence-electron chi connectivity index (χ1n) is 7.43. The van der Waals surface area contributed by atoms with Gasteiger partial charge in [-0.05, 0) is 56.3 Å². The molecule has 0 radical (unpaired) electrons. The van der Waals surface area contributed by atoms with E-state index < -0.39 is 0 Å². The van der Waals surface area contributed by atoms with E-state index in [1.54, 1.807) is 0 Å². The van der Waals surface area contributed by atoms with E-state index in [0.29, 0.717) is 13.1 Å². The van der Waals surface area contributed by atoms with E-state index in [1.165, 1.54) is 38.5 Å². The highest BCUT2D eigenvalue weighted by atomic mass is 16.3. The molecule has 102 valence electrons. The predicted molar refractivity (Wildman–Crippen MR) is 67.8 cm³/mol.